The number of aromatic nitrogens is 3. The minimum absolute atomic E-state index is 0.131. The number of carbonyl (C=O) groups is 1. The third-order valence-corrected chi connectivity index (χ3v) is 3.42. The van der Waals surface area contributed by atoms with E-state index in [4.69, 9.17) is 22.0 Å². The highest BCUT2D eigenvalue weighted by molar-refractivity contribution is 7.99. The summed E-state index contributed by atoms with van der Waals surface area (Å²) in [6, 6.07) is 6.80. The van der Waals surface area contributed by atoms with Crippen LogP contribution in [0.1, 0.15) is 5.56 Å². The molecule has 0 bridgehead atoms. The van der Waals surface area contributed by atoms with E-state index in [9.17, 15) is 4.79 Å². The molecule has 0 atom stereocenters. The summed E-state index contributed by atoms with van der Waals surface area (Å²) < 4.78 is 1.55. The molecule has 0 amide bonds. The number of hydrogen-bond acceptors (Lipinski definition) is 5. The number of hydrogen-bond donors (Lipinski definition) is 1. The van der Waals surface area contributed by atoms with Crippen molar-refractivity contribution in [1.82, 2.24) is 14.8 Å². The van der Waals surface area contributed by atoms with E-state index < -0.39 is 5.97 Å². The number of thioether (sulfide) groups is 1. The monoisotopic (exact) mass is 294 g/mol. The van der Waals surface area contributed by atoms with E-state index >= 15 is 0 Å². The molecule has 0 radical (unpaired) electrons. The molecular formula is C11H7ClN4O2S. The van der Waals surface area contributed by atoms with Crippen molar-refractivity contribution in [1.29, 1.82) is 5.26 Å². The fraction of sp³-hybridized carbons (Fsp3) is 0.0909. The first-order valence-electron chi connectivity index (χ1n) is 5.06. The van der Waals surface area contributed by atoms with Gasteiger partial charge in [-0.25, -0.2) is 0 Å². The van der Waals surface area contributed by atoms with E-state index in [1.165, 1.54) is 6.33 Å². The Hall–Kier alpha value is -2.04. The highest BCUT2D eigenvalue weighted by Crippen LogP contribution is 2.26. The molecule has 2 rings (SSSR count). The van der Waals surface area contributed by atoms with Gasteiger partial charge in [-0.2, -0.15) is 5.26 Å². The summed E-state index contributed by atoms with van der Waals surface area (Å²) >= 11 is 7.10. The van der Waals surface area contributed by atoms with Crippen LogP contribution in [0.3, 0.4) is 0 Å². The van der Waals surface area contributed by atoms with E-state index in [2.05, 4.69) is 10.2 Å². The van der Waals surface area contributed by atoms with Gasteiger partial charge in [0.25, 0.3) is 0 Å². The summed E-state index contributed by atoms with van der Waals surface area (Å²) in [5.41, 5.74) is 0.987. The van der Waals surface area contributed by atoms with Crippen molar-refractivity contribution in [2.45, 2.75) is 5.16 Å². The Labute approximate surface area is 117 Å². The molecule has 2 aromatic rings. The molecule has 0 aliphatic carbocycles. The third-order valence-electron chi connectivity index (χ3n) is 2.18. The summed E-state index contributed by atoms with van der Waals surface area (Å²) in [7, 11) is 0. The van der Waals surface area contributed by atoms with Gasteiger partial charge in [-0.05, 0) is 18.2 Å². The molecule has 0 spiro atoms. The zero-order valence-corrected chi connectivity index (χ0v) is 11.0. The van der Waals surface area contributed by atoms with Gasteiger partial charge in [0, 0.05) is 0 Å². The second-order valence-electron chi connectivity index (χ2n) is 3.44. The lowest BCUT2D eigenvalue weighted by Crippen LogP contribution is -2.02. The number of carboxylic acid groups (broad SMARTS) is 1. The molecule has 6 nitrogen and oxygen atoms in total. The van der Waals surface area contributed by atoms with E-state index in [-0.39, 0.29) is 5.75 Å². The van der Waals surface area contributed by atoms with E-state index in [0.29, 0.717) is 21.4 Å². The Morgan fingerprint density at radius 3 is 3.05 bits per heavy atom. The molecule has 96 valence electrons. The van der Waals surface area contributed by atoms with Crippen LogP contribution in [0.4, 0.5) is 0 Å². The maximum Gasteiger partial charge on any atom is 0.313 e. The second-order valence-corrected chi connectivity index (χ2v) is 4.79. The molecule has 8 heteroatoms. The molecule has 0 saturated heterocycles. The highest BCUT2D eigenvalue weighted by atomic mass is 35.5. The van der Waals surface area contributed by atoms with Crippen LogP contribution in [-0.2, 0) is 4.79 Å². The number of carboxylic acids is 1. The van der Waals surface area contributed by atoms with Crippen LogP contribution < -0.4 is 0 Å². The Bertz CT molecular complexity index is 665. The summed E-state index contributed by atoms with van der Waals surface area (Å²) in [5, 5.41) is 25.9. The second kappa shape index (κ2) is 5.73. The summed E-state index contributed by atoms with van der Waals surface area (Å²) in [6.45, 7) is 0. The van der Waals surface area contributed by atoms with Crippen LogP contribution in [0.2, 0.25) is 5.02 Å². The van der Waals surface area contributed by atoms with Gasteiger partial charge in [-0.3, -0.25) is 9.36 Å². The normalized spacial score (nSPS) is 10.1. The van der Waals surface area contributed by atoms with E-state index in [1.807, 2.05) is 6.07 Å². The van der Waals surface area contributed by atoms with Crippen LogP contribution >= 0.6 is 23.4 Å². The van der Waals surface area contributed by atoms with Crippen molar-refractivity contribution in [3.05, 3.63) is 35.1 Å². The molecule has 0 saturated carbocycles. The largest absolute Gasteiger partial charge is 0.481 e. The molecular weight excluding hydrogens is 288 g/mol. The average Bonchev–Trinajstić information content (AvgIpc) is 2.85. The van der Waals surface area contributed by atoms with Gasteiger partial charge in [0.2, 0.25) is 0 Å². The van der Waals surface area contributed by atoms with E-state index in [0.717, 1.165) is 11.8 Å². The fourth-order valence-electron chi connectivity index (χ4n) is 1.38. The number of nitrogens with zero attached hydrogens (tertiary/aromatic N) is 4. The first-order valence-corrected chi connectivity index (χ1v) is 6.43. The Kier molecular flexibility index (Phi) is 4.04. The minimum Gasteiger partial charge on any atom is -0.481 e. The van der Waals surface area contributed by atoms with Gasteiger partial charge >= 0.3 is 5.97 Å². The zero-order valence-electron chi connectivity index (χ0n) is 9.45. The Morgan fingerprint density at radius 1 is 1.58 bits per heavy atom. The number of rotatable bonds is 4. The summed E-state index contributed by atoms with van der Waals surface area (Å²) in [6.07, 6.45) is 1.42. The molecule has 0 fully saturated rings. The quantitative estimate of drug-likeness (QED) is 0.867. The van der Waals surface area contributed by atoms with Gasteiger partial charge in [0.15, 0.2) is 5.16 Å². The van der Waals surface area contributed by atoms with Gasteiger partial charge in [-0.1, -0.05) is 23.4 Å². The highest BCUT2D eigenvalue weighted by Gasteiger charge is 2.12. The van der Waals surface area contributed by atoms with Crippen LogP contribution in [0.25, 0.3) is 5.69 Å². The lowest BCUT2D eigenvalue weighted by molar-refractivity contribution is -0.133. The van der Waals surface area contributed by atoms with Gasteiger partial charge in [0.05, 0.1) is 28.1 Å². The van der Waals surface area contributed by atoms with Gasteiger partial charge < -0.3 is 5.11 Å². The van der Waals surface area contributed by atoms with E-state index in [1.54, 1.807) is 22.8 Å². The topological polar surface area (TPSA) is 91.8 Å². The lowest BCUT2D eigenvalue weighted by atomic mass is 10.2. The van der Waals surface area contributed by atoms with Crippen LogP contribution in [-0.4, -0.2) is 31.6 Å². The number of halogens is 1. The zero-order chi connectivity index (χ0) is 13.8. The predicted octanol–water partition coefficient (Wildman–Crippen LogP) is 1.97. The van der Waals surface area contributed by atoms with Crippen molar-refractivity contribution in [3.8, 4) is 11.8 Å². The lowest BCUT2D eigenvalue weighted by Gasteiger charge is -2.07. The van der Waals surface area contributed by atoms with Crippen molar-refractivity contribution in [2.75, 3.05) is 5.75 Å². The first-order chi connectivity index (χ1) is 9.11. The van der Waals surface area contributed by atoms with Crippen LogP contribution in [0.5, 0.6) is 0 Å². The standard InChI is InChI=1S/C11H7ClN4O2S/c12-8-2-1-7(4-13)3-9(8)16-6-14-15-11(16)19-5-10(17)18/h1-3,6H,5H2,(H,17,18). The summed E-state index contributed by atoms with van der Waals surface area (Å²) in [4.78, 5) is 10.6. The number of nitriles is 1. The molecule has 0 aliphatic heterocycles. The van der Waals surface area contributed by atoms with Crippen molar-refractivity contribution in [3.63, 3.8) is 0 Å². The maximum atomic E-state index is 10.6. The van der Waals surface area contributed by atoms with Crippen molar-refractivity contribution < 1.29 is 9.90 Å². The number of aliphatic carboxylic acids is 1. The van der Waals surface area contributed by atoms with Gasteiger partial charge in [-0.15, -0.1) is 10.2 Å². The molecule has 1 N–H and O–H groups in total. The minimum atomic E-state index is -0.948. The van der Waals surface area contributed by atoms with Crippen molar-refractivity contribution in [2.24, 2.45) is 0 Å². The average molecular weight is 295 g/mol. The molecule has 1 aromatic carbocycles. The molecule has 0 unspecified atom stereocenters. The summed E-state index contributed by atoms with van der Waals surface area (Å²) in [5.74, 6) is -1.08. The molecule has 1 heterocycles. The number of benzene rings is 1. The molecule has 1 aromatic heterocycles. The maximum absolute atomic E-state index is 10.6. The third kappa shape index (κ3) is 3.05. The predicted molar refractivity (Wildman–Crippen MR) is 69.4 cm³/mol. The SMILES string of the molecule is N#Cc1ccc(Cl)c(-n2cnnc2SCC(=O)O)c1. The Balaban J connectivity index is 2.40. The molecule has 19 heavy (non-hydrogen) atoms. The van der Waals surface area contributed by atoms with Crippen LogP contribution in [0, 0.1) is 11.3 Å². The van der Waals surface area contributed by atoms with Crippen LogP contribution in [0.15, 0.2) is 29.7 Å². The van der Waals surface area contributed by atoms with Gasteiger partial charge in [0.1, 0.15) is 6.33 Å². The smallest absolute Gasteiger partial charge is 0.313 e. The molecule has 0 aliphatic rings. The first kappa shape index (κ1) is 13.4. The Morgan fingerprint density at radius 2 is 2.37 bits per heavy atom. The fourth-order valence-corrected chi connectivity index (χ4v) is 2.23. The van der Waals surface area contributed by atoms with Crippen molar-refractivity contribution >= 4 is 29.3 Å².